The molecule has 0 amide bonds. The highest BCUT2D eigenvalue weighted by Gasteiger charge is 2.26. The second-order valence-corrected chi connectivity index (χ2v) is 24.8. The van der Waals surface area contributed by atoms with Crippen LogP contribution in [0, 0.1) is 0 Å². The number of morpholine rings is 1. The third-order valence-corrected chi connectivity index (χ3v) is 13.2. The number of ether oxygens (including phenoxy) is 1. The number of rotatable bonds is 0. The third kappa shape index (κ3) is 47.2. The number of thioether (sulfide) groups is 1. The Morgan fingerprint density at radius 2 is 0.653 bits per heavy atom. The van der Waals surface area contributed by atoms with Gasteiger partial charge < -0.3 is 15.4 Å². The molecule has 0 aromatic carbocycles. The molecule has 10 nitrogen and oxygen atoms in total. The van der Waals surface area contributed by atoms with Crippen LogP contribution in [-0.4, -0.2) is 186 Å². The Hall–Kier alpha value is -0.0500. The van der Waals surface area contributed by atoms with E-state index >= 15 is 0 Å². The lowest BCUT2D eigenvalue weighted by Gasteiger charge is -2.38. The zero-order valence-electron chi connectivity index (χ0n) is 55.7. The van der Waals surface area contributed by atoms with Gasteiger partial charge in [0.15, 0.2) is 0 Å². The second-order valence-electron chi connectivity index (χ2n) is 23.6. The second kappa shape index (κ2) is 49.3. The van der Waals surface area contributed by atoms with Gasteiger partial charge in [-0.05, 0) is 176 Å². The maximum Gasteiger partial charge on any atom is 0.0594 e. The van der Waals surface area contributed by atoms with E-state index < -0.39 is 0 Å². The maximum atomic E-state index is 5.25. The summed E-state index contributed by atoms with van der Waals surface area (Å²) in [5.74, 6) is 2.63. The summed E-state index contributed by atoms with van der Waals surface area (Å²) in [5, 5.41) is 9.04. The zero-order valence-corrected chi connectivity index (χ0v) is 56.5. The van der Waals surface area contributed by atoms with Crippen LogP contribution >= 0.6 is 11.8 Å². The fourth-order valence-electron chi connectivity index (χ4n) is 7.89. The highest BCUT2D eigenvalue weighted by Crippen LogP contribution is 2.21. The van der Waals surface area contributed by atoms with E-state index in [9.17, 15) is 0 Å². The Bertz CT molecular complexity index is 818. The van der Waals surface area contributed by atoms with E-state index in [4.69, 9.17) is 4.74 Å². The zero-order chi connectivity index (χ0) is 57.7. The van der Waals surface area contributed by atoms with Gasteiger partial charge in [-0.3, -0.25) is 29.9 Å². The molecule has 11 heteroatoms. The number of likely N-dealkylation sites (tertiary alicyclic amines) is 1. The molecule has 444 valence electrons. The Balaban J connectivity index is -0.000000174. The molecule has 0 spiro atoms. The third-order valence-electron chi connectivity index (χ3n) is 12.2. The summed E-state index contributed by atoms with van der Waals surface area (Å²) in [6.45, 7) is 84.6. The molecule has 6 saturated heterocycles. The maximum absolute atomic E-state index is 5.25. The minimum atomic E-state index is 0.292. The number of hydrogen-bond donors (Lipinski definition) is 3. The Kier molecular flexibility index (Phi) is 57.0. The predicted molar refractivity (Wildman–Crippen MR) is 336 cm³/mol. The van der Waals surface area contributed by atoms with Gasteiger partial charge in [0.2, 0.25) is 0 Å². The molecule has 72 heavy (non-hydrogen) atoms. The van der Waals surface area contributed by atoms with E-state index in [0.717, 1.165) is 52.6 Å². The van der Waals surface area contributed by atoms with Crippen molar-refractivity contribution in [1.82, 2.24) is 45.6 Å². The van der Waals surface area contributed by atoms with Crippen molar-refractivity contribution in [3.05, 3.63) is 0 Å². The Morgan fingerprint density at radius 1 is 0.306 bits per heavy atom. The van der Waals surface area contributed by atoms with Gasteiger partial charge in [-0.25, -0.2) is 5.01 Å². The highest BCUT2D eigenvalue weighted by atomic mass is 32.2. The van der Waals surface area contributed by atoms with Gasteiger partial charge in [-0.2, -0.15) is 11.8 Å². The van der Waals surface area contributed by atoms with E-state index in [2.05, 4.69) is 182 Å². The van der Waals surface area contributed by atoms with Gasteiger partial charge in [-0.1, -0.05) is 89.5 Å². The summed E-state index contributed by atoms with van der Waals surface area (Å²) in [6.07, 6.45) is 8.19. The number of nitrogens with zero attached hydrogens (tertiary/aromatic N) is 6. The number of piperidine rings is 1. The van der Waals surface area contributed by atoms with Gasteiger partial charge in [-0.15, -0.1) is 0 Å². The van der Waals surface area contributed by atoms with Crippen molar-refractivity contribution >= 4 is 11.8 Å². The monoisotopic (exact) mass is 1050 g/mol. The van der Waals surface area contributed by atoms with Crippen LogP contribution < -0.4 is 16.1 Å². The average molecular weight is 1050 g/mol. The van der Waals surface area contributed by atoms with Gasteiger partial charge >= 0.3 is 0 Å². The molecule has 0 bridgehead atoms. The number of hydrazine groups is 1. The Morgan fingerprint density at radius 3 is 0.903 bits per heavy atom. The van der Waals surface area contributed by atoms with Crippen LogP contribution in [0.25, 0.3) is 0 Å². The van der Waals surface area contributed by atoms with Crippen LogP contribution in [0.3, 0.4) is 0 Å². The first-order valence-corrected chi connectivity index (χ1v) is 31.6. The molecule has 6 fully saturated rings. The summed E-state index contributed by atoms with van der Waals surface area (Å²) < 4.78 is 5.25. The molecule has 0 radical (unpaired) electrons. The molecule has 0 aromatic heterocycles. The van der Waals surface area contributed by atoms with Crippen molar-refractivity contribution < 1.29 is 4.74 Å². The first-order chi connectivity index (χ1) is 33.6. The first-order valence-electron chi connectivity index (χ1n) is 30.5. The van der Waals surface area contributed by atoms with Crippen molar-refractivity contribution in [2.75, 3.05) is 123 Å². The van der Waals surface area contributed by atoms with Crippen molar-refractivity contribution in [3.8, 4) is 0 Å². The Labute approximate surface area is 462 Å². The standard InChI is InChI=1S/C9H19N.3C8H18N2.C8H17NO.C8H17NS.6C2H6/c1-9(2,3)10-7-5-4-6-8-10;1-8(2,3)10-6-4-9-5-7-10;1-8(2,3)10-6-4-5-9-7-10;1-8(2,3)10-7-5-4-6-9-10;2*1-8(2,3)9-4-6-10-7-5-9;6*1-2/h4-8H2,1-3H3;3*9H,4-7H2,1-3H3;2*4-7H2,1-3H3;6*1-2H3. The molecular weight excluding hydrogens is 907 g/mol. The van der Waals surface area contributed by atoms with Gasteiger partial charge in [0.05, 0.1) is 13.2 Å². The van der Waals surface area contributed by atoms with Crippen LogP contribution in [-0.2, 0) is 4.74 Å². The molecule has 0 saturated carbocycles. The van der Waals surface area contributed by atoms with E-state index in [1.54, 1.807) is 0 Å². The molecule has 6 aliphatic rings. The molecular formula is C61H143N9OS. The lowest BCUT2D eigenvalue weighted by atomic mass is 10.0. The molecule has 6 heterocycles. The molecule has 0 aromatic rings. The number of nitrogens with one attached hydrogen (secondary N) is 3. The topological polar surface area (TPSA) is 64.8 Å². The fourth-order valence-corrected chi connectivity index (χ4v) is 8.79. The van der Waals surface area contributed by atoms with Crippen LogP contribution in [0.4, 0.5) is 0 Å². The van der Waals surface area contributed by atoms with E-state index in [-0.39, 0.29) is 0 Å². The minimum Gasteiger partial charge on any atom is -0.379 e. The van der Waals surface area contributed by atoms with E-state index in [0.29, 0.717) is 33.2 Å². The molecule has 0 aliphatic carbocycles. The lowest BCUT2D eigenvalue weighted by molar-refractivity contribution is -0.00389. The molecule has 0 atom stereocenters. The van der Waals surface area contributed by atoms with Crippen molar-refractivity contribution in [2.45, 2.75) is 279 Å². The molecule has 6 aliphatic heterocycles. The van der Waals surface area contributed by atoms with Crippen LogP contribution in [0.5, 0.6) is 0 Å². The van der Waals surface area contributed by atoms with Gasteiger partial charge in [0, 0.05) is 123 Å². The van der Waals surface area contributed by atoms with Crippen molar-refractivity contribution in [3.63, 3.8) is 0 Å². The summed E-state index contributed by atoms with van der Waals surface area (Å²) in [7, 11) is 0. The molecule has 3 N–H and O–H groups in total. The quantitative estimate of drug-likeness (QED) is 0.217. The summed E-state index contributed by atoms with van der Waals surface area (Å²) in [5.41, 5.74) is 5.50. The fraction of sp³-hybridized carbons (Fsp3) is 1.00. The van der Waals surface area contributed by atoms with Crippen LogP contribution in [0.15, 0.2) is 0 Å². The number of piperazine rings is 1. The summed E-state index contributed by atoms with van der Waals surface area (Å²) in [6, 6.07) is 0. The van der Waals surface area contributed by atoms with E-state index in [1.165, 1.54) is 109 Å². The normalized spacial score (nSPS) is 19.8. The molecule has 6 rings (SSSR count). The van der Waals surface area contributed by atoms with Crippen LogP contribution in [0.2, 0.25) is 0 Å². The van der Waals surface area contributed by atoms with Crippen molar-refractivity contribution in [2.24, 2.45) is 0 Å². The largest absolute Gasteiger partial charge is 0.379 e. The van der Waals surface area contributed by atoms with Crippen molar-refractivity contribution in [1.29, 1.82) is 0 Å². The minimum absolute atomic E-state index is 0.292. The summed E-state index contributed by atoms with van der Waals surface area (Å²) >= 11 is 2.07. The van der Waals surface area contributed by atoms with Gasteiger partial charge in [0.25, 0.3) is 0 Å². The van der Waals surface area contributed by atoms with Crippen LogP contribution in [0.1, 0.15) is 246 Å². The van der Waals surface area contributed by atoms with E-state index in [1.807, 2.05) is 83.1 Å². The predicted octanol–water partition coefficient (Wildman–Crippen LogP) is 14.5. The smallest absolute Gasteiger partial charge is 0.0594 e. The summed E-state index contributed by atoms with van der Waals surface area (Å²) in [4.78, 5) is 12.6. The highest BCUT2D eigenvalue weighted by molar-refractivity contribution is 7.99. The average Bonchev–Trinajstić information content (AvgIpc) is 3.39. The lowest BCUT2D eigenvalue weighted by Crippen LogP contribution is -2.53. The number of hydrogen-bond acceptors (Lipinski definition) is 11. The SMILES string of the molecule is CC.CC.CC.CC.CC.CC.CC(C)(C)N1CCCCC1.CC(C)(C)N1CCCCN1.CC(C)(C)N1CCCNC1.CC(C)(C)N1CCNCC1.CC(C)(C)N1CCOCC1.CC(C)(C)N1CCSCC1. The van der Waals surface area contributed by atoms with Gasteiger partial charge in [0.1, 0.15) is 0 Å². The molecule has 0 unspecified atom stereocenters. The first kappa shape index (κ1) is 83.3.